The summed E-state index contributed by atoms with van der Waals surface area (Å²) < 4.78 is 10.8. The quantitative estimate of drug-likeness (QED) is 0.847. The number of carbonyl (C=O) groups is 1. The summed E-state index contributed by atoms with van der Waals surface area (Å²) in [5.74, 6) is 0.607. The molecule has 0 saturated carbocycles. The smallest absolute Gasteiger partial charge is 0.252 e. The molecule has 132 valence electrons. The van der Waals surface area contributed by atoms with E-state index in [1.165, 1.54) is 0 Å². The summed E-state index contributed by atoms with van der Waals surface area (Å²) in [6.07, 6.45) is 0. The number of fused-ring (bicyclic) bond motifs is 4. The molecule has 0 aliphatic carbocycles. The second-order valence-electron chi connectivity index (χ2n) is 6.71. The molecule has 2 atom stereocenters. The van der Waals surface area contributed by atoms with Crippen molar-refractivity contribution >= 4 is 16.8 Å². The first-order valence-corrected chi connectivity index (χ1v) is 8.43. The van der Waals surface area contributed by atoms with Crippen molar-refractivity contribution in [1.82, 2.24) is 15.2 Å². The van der Waals surface area contributed by atoms with Crippen molar-refractivity contribution in [2.24, 2.45) is 5.92 Å². The Balaban J connectivity index is 1.62. The maximum absolute atomic E-state index is 12.4. The summed E-state index contributed by atoms with van der Waals surface area (Å²) in [7, 11) is 1.62. The Bertz CT molecular complexity index is 863. The molecule has 2 saturated heterocycles. The molecule has 2 aliphatic rings. The summed E-state index contributed by atoms with van der Waals surface area (Å²) in [5, 5.41) is 3.94. The molecule has 7 heteroatoms. The van der Waals surface area contributed by atoms with E-state index < -0.39 is 0 Å². The van der Waals surface area contributed by atoms with E-state index in [0.717, 1.165) is 16.7 Å². The van der Waals surface area contributed by atoms with Crippen LogP contribution in [-0.4, -0.2) is 55.2 Å². The van der Waals surface area contributed by atoms with E-state index in [2.05, 4.69) is 15.2 Å². The van der Waals surface area contributed by atoms with Crippen LogP contribution in [0.3, 0.4) is 0 Å². The van der Waals surface area contributed by atoms with Gasteiger partial charge in [0.2, 0.25) is 5.91 Å². The maximum Gasteiger partial charge on any atom is 0.252 e. The first-order valence-electron chi connectivity index (χ1n) is 8.43. The standard InChI is InChI=1S/C18H21N3O4/c1-24-15-2-3-16-11(5-15)4-12(17(22)20-16)6-21-7-13-9-25-10-14(8-21)19-18(13)23/h2-5,13-14H,6-10H2,1H3,(H,19,23)(H,20,22)/t13-,14+/m1/s1. The highest BCUT2D eigenvalue weighted by atomic mass is 16.5. The first-order chi connectivity index (χ1) is 12.1. The largest absolute Gasteiger partial charge is 0.497 e. The minimum absolute atomic E-state index is 0.0281. The van der Waals surface area contributed by atoms with E-state index in [1.807, 2.05) is 24.3 Å². The fourth-order valence-electron chi connectivity index (χ4n) is 3.57. The molecule has 0 radical (unpaired) electrons. The predicted octanol–water partition coefficient (Wildman–Crippen LogP) is 0.484. The van der Waals surface area contributed by atoms with Crippen molar-refractivity contribution < 1.29 is 14.3 Å². The Labute approximate surface area is 144 Å². The van der Waals surface area contributed by atoms with Gasteiger partial charge in [0, 0.05) is 36.1 Å². The highest BCUT2D eigenvalue weighted by molar-refractivity contribution is 5.81. The van der Waals surface area contributed by atoms with Gasteiger partial charge >= 0.3 is 0 Å². The van der Waals surface area contributed by atoms with Gasteiger partial charge in [0.25, 0.3) is 5.56 Å². The number of amides is 1. The number of hydrogen-bond donors (Lipinski definition) is 2. The molecular weight excluding hydrogens is 322 g/mol. The van der Waals surface area contributed by atoms with Gasteiger partial charge in [0.15, 0.2) is 0 Å². The molecule has 1 aromatic heterocycles. The minimum Gasteiger partial charge on any atom is -0.497 e. The number of pyridine rings is 1. The number of nitrogens with zero attached hydrogens (tertiary/aromatic N) is 1. The van der Waals surface area contributed by atoms with E-state index in [0.29, 0.717) is 38.4 Å². The molecule has 25 heavy (non-hydrogen) atoms. The van der Waals surface area contributed by atoms with Crippen LogP contribution in [0.5, 0.6) is 5.75 Å². The molecule has 2 aromatic rings. The number of rotatable bonds is 3. The Kier molecular flexibility index (Phi) is 4.19. The van der Waals surface area contributed by atoms with Crippen LogP contribution in [0.2, 0.25) is 0 Å². The van der Waals surface area contributed by atoms with E-state index in [1.54, 1.807) is 7.11 Å². The highest BCUT2D eigenvalue weighted by Gasteiger charge is 2.33. The lowest BCUT2D eigenvalue weighted by Crippen LogP contribution is -2.42. The van der Waals surface area contributed by atoms with Crippen molar-refractivity contribution in [2.75, 3.05) is 33.4 Å². The lowest BCUT2D eigenvalue weighted by Gasteiger charge is -2.27. The number of methoxy groups -OCH3 is 1. The third kappa shape index (κ3) is 3.25. The zero-order chi connectivity index (χ0) is 17.4. The van der Waals surface area contributed by atoms with Crippen LogP contribution in [-0.2, 0) is 16.1 Å². The number of ether oxygens (including phenoxy) is 2. The molecule has 0 spiro atoms. The van der Waals surface area contributed by atoms with E-state index in [-0.39, 0.29) is 23.4 Å². The molecule has 1 aromatic carbocycles. The lowest BCUT2D eigenvalue weighted by atomic mass is 10.1. The van der Waals surface area contributed by atoms with Gasteiger partial charge in [0.1, 0.15) is 5.75 Å². The molecule has 2 bridgehead atoms. The number of benzene rings is 1. The molecular formula is C18H21N3O4. The molecule has 4 rings (SSSR count). The number of nitrogens with one attached hydrogen (secondary N) is 2. The van der Waals surface area contributed by atoms with Gasteiger partial charge < -0.3 is 19.8 Å². The van der Waals surface area contributed by atoms with Crippen LogP contribution >= 0.6 is 0 Å². The van der Waals surface area contributed by atoms with Crippen LogP contribution in [0.4, 0.5) is 0 Å². The third-order valence-electron chi connectivity index (χ3n) is 4.83. The number of aromatic amines is 1. The van der Waals surface area contributed by atoms with Gasteiger partial charge in [-0.3, -0.25) is 14.5 Å². The van der Waals surface area contributed by atoms with Gasteiger partial charge in [0.05, 0.1) is 32.3 Å². The van der Waals surface area contributed by atoms with E-state index >= 15 is 0 Å². The van der Waals surface area contributed by atoms with Crippen LogP contribution in [0.1, 0.15) is 5.56 Å². The molecule has 1 amide bonds. The Morgan fingerprint density at radius 2 is 2.12 bits per heavy atom. The zero-order valence-electron chi connectivity index (χ0n) is 14.1. The average Bonchev–Trinajstić information content (AvgIpc) is 2.84. The fraction of sp³-hybridized carbons (Fsp3) is 0.444. The monoisotopic (exact) mass is 343 g/mol. The van der Waals surface area contributed by atoms with Crippen LogP contribution < -0.4 is 15.6 Å². The normalized spacial score (nSPS) is 24.0. The van der Waals surface area contributed by atoms with Crippen LogP contribution in [0, 0.1) is 5.92 Å². The average molecular weight is 343 g/mol. The van der Waals surface area contributed by atoms with E-state index in [9.17, 15) is 9.59 Å². The molecule has 2 fully saturated rings. The second-order valence-corrected chi connectivity index (χ2v) is 6.71. The molecule has 2 N–H and O–H groups in total. The molecule has 7 nitrogen and oxygen atoms in total. The van der Waals surface area contributed by atoms with Gasteiger partial charge in [-0.05, 0) is 24.3 Å². The third-order valence-corrected chi connectivity index (χ3v) is 4.83. The summed E-state index contributed by atoms with van der Waals surface area (Å²) in [4.78, 5) is 29.6. The number of aromatic nitrogens is 1. The Morgan fingerprint density at radius 1 is 1.24 bits per heavy atom. The van der Waals surface area contributed by atoms with Crippen molar-refractivity contribution in [3.63, 3.8) is 0 Å². The van der Waals surface area contributed by atoms with Crippen LogP contribution in [0.15, 0.2) is 29.1 Å². The molecule has 3 heterocycles. The molecule has 2 aliphatic heterocycles. The summed E-state index contributed by atoms with van der Waals surface area (Å²) in [5.41, 5.74) is 1.38. The van der Waals surface area contributed by atoms with E-state index in [4.69, 9.17) is 9.47 Å². The van der Waals surface area contributed by atoms with Crippen molar-refractivity contribution in [1.29, 1.82) is 0 Å². The van der Waals surface area contributed by atoms with Crippen molar-refractivity contribution in [3.8, 4) is 5.75 Å². The van der Waals surface area contributed by atoms with Gasteiger partial charge in [-0.15, -0.1) is 0 Å². The maximum atomic E-state index is 12.4. The number of carbonyl (C=O) groups excluding carboxylic acids is 1. The summed E-state index contributed by atoms with van der Waals surface area (Å²) in [6, 6.07) is 7.45. The minimum atomic E-state index is -0.188. The SMILES string of the molecule is COc1ccc2[nH]c(=O)c(CN3C[C@H]4COC[C@@H](C3)C(=O)N4)cc2c1. The topological polar surface area (TPSA) is 83.7 Å². The van der Waals surface area contributed by atoms with Gasteiger partial charge in [-0.2, -0.15) is 0 Å². The highest BCUT2D eigenvalue weighted by Crippen LogP contribution is 2.20. The first kappa shape index (κ1) is 16.1. The lowest BCUT2D eigenvalue weighted by molar-refractivity contribution is -0.125. The Morgan fingerprint density at radius 3 is 2.96 bits per heavy atom. The van der Waals surface area contributed by atoms with Crippen molar-refractivity contribution in [2.45, 2.75) is 12.6 Å². The van der Waals surface area contributed by atoms with Crippen LogP contribution in [0.25, 0.3) is 10.9 Å². The predicted molar refractivity (Wildman–Crippen MR) is 92.6 cm³/mol. The van der Waals surface area contributed by atoms with Gasteiger partial charge in [-0.25, -0.2) is 0 Å². The summed E-state index contributed by atoms with van der Waals surface area (Å²) in [6.45, 7) is 2.73. The second kappa shape index (κ2) is 6.50. The number of H-pyrrole nitrogens is 1. The zero-order valence-corrected chi connectivity index (χ0v) is 14.1. The molecule has 0 unspecified atom stereocenters. The van der Waals surface area contributed by atoms with Crippen molar-refractivity contribution in [3.05, 3.63) is 40.2 Å². The summed E-state index contributed by atoms with van der Waals surface area (Å²) >= 11 is 0. The Hall–Kier alpha value is -2.38. The number of hydrogen-bond acceptors (Lipinski definition) is 5. The fourth-order valence-corrected chi connectivity index (χ4v) is 3.57. The van der Waals surface area contributed by atoms with Gasteiger partial charge in [-0.1, -0.05) is 0 Å².